The molecular weight excluding hydrogens is 286 g/mol. The molecule has 0 spiro atoms. The number of primary amides is 1. The zero-order valence-electron chi connectivity index (χ0n) is 11.2. The lowest BCUT2D eigenvalue weighted by atomic mass is 10.1. The molecular formula is C15H13N3O2S. The normalized spacial score (nSPS) is 13.9. The molecule has 0 unspecified atom stereocenters. The standard InChI is InChI=1S/C15H13N3O2S/c16-7-11-10(13-2-1-5-20-13)6-12(9-3-4-9)18-15(11)21-8-14(17)19/h1-2,5-6,9H,3-4,8H2,(H2,17,19). The summed E-state index contributed by atoms with van der Waals surface area (Å²) < 4.78 is 5.42. The number of rotatable bonds is 5. The first kappa shape index (κ1) is 13.7. The Morgan fingerprint density at radius 1 is 1.57 bits per heavy atom. The number of aromatic nitrogens is 1. The highest BCUT2D eigenvalue weighted by molar-refractivity contribution is 8.00. The Labute approximate surface area is 126 Å². The molecule has 0 aliphatic heterocycles. The summed E-state index contributed by atoms with van der Waals surface area (Å²) >= 11 is 1.20. The molecule has 1 fully saturated rings. The van der Waals surface area contributed by atoms with E-state index in [0.29, 0.717) is 22.3 Å². The first-order valence-corrected chi connectivity index (χ1v) is 7.57. The van der Waals surface area contributed by atoms with E-state index < -0.39 is 5.91 Å². The fraction of sp³-hybridized carbons (Fsp3) is 0.267. The van der Waals surface area contributed by atoms with E-state index >= 15 is 0 Å². The molecule has 0 bridgehead atoms. The quantitative estimate of drug-likeness (QED) is 0.857. The zero-order chi connectivity index (χ0) is 14.8. The third-order valence-electron chi connectivity index (χ3n) is 3.25. The van der Waals surface area contributed by atoms with Crippen molar-refractivity contribution in [3.8, 4) is 17.4 Å². The second kappa shape index (κ2) is 5.62. The highest BCUT2D eigenvalue weighted by Gasteiger charge is 2.28. The molecule has 3 rings (SSSR count). The van der Waals surface area contributed by atoms with E-state index in [4.69, 9.17) is 10.2 Å². The van der Waals surface area contributed by atoms with Crippen molar-refractivity contribution in [3.63, 3.8) is 0 Å². The second-order valence-electron chi connectivity index (χ2n) is 4.89. The van der Waals surface area contributed by atoms with Crippen molar-refractivity contribution in [1.82, 2.24) is 4.98 Å². The SMILES string of the molecule is N#Cc1c(-c2ccco2)cc(C2CC2)nc1SCC(N)=O. The van der Waals surface area contributed by atoms with Crippen LogP contribution in [0.1, 0.15) is 30.0 Å². The highest BCUT2D eigenvalue weighted by Crippen LogP contribution is 2.42. The van der Waals surface area contributed by atoms with Crippen molar-refractivity contribution in [2.24, 2.45) is 5.73 Å². The molecule has 0 radical (unpaired) electrons. The van der Waals surface area contributed by atoms with Gasteiger partial charge in [0, 0.05) is 17.2 Å². The highest BCUT2D eigenvalue weighted by atomic mass is 32.2. The van der Waals surface area contributed by atoms with Gasteiger partial charge in [0.2, 0.25) is 5.91 Å². The fourth-order valence-electron chi connectivity index (χ4n) is 2.11. The summed E-state index contributed by atoms with van der Waals surface area (Å²) in [5.74, 6) is 0.756. The van der Waals surface area contributed by atoms with E-state index in [1.807, 2.05) is 12.1 Å². The Balaban J connectivity index is 2.09. The van der Waals surface area contributed by atoms with E-state index in [0.717, 1.165) is 24.1 Å². The number of carbonyl (C=O) groups is 1. The third-order valence-corrected chi connectivity index (χ3v) is 4.25. The minimum atomic E-state index is -0.429. The summed E-state index contributed by atoms with van der Waals surface area (Å²) in [6.07, 6.45) is 3.79. The van der Waals surface area contributed by atoms with Crippen molar-refractivity contribution in [3.05, 3.63) is 35.7 Å². The summed E-state index contributed by atoms with van der Waals surface area (Å²) in [7, 11) is 0. The van der Waals surface area contributed by atoms with Crippen molar-refractivity contribution in [2.75, 3.05) is 5.75 Å². The molecule has 2 N–H and O–H groups in total. The Morgan fingerprint density at radius 2 is 2.38 bits per heavy atom. The molecule has 1 aliphatic carbocycles. The predicted octanol–water partition coefficient (Wildman–Crippen LogP) is 2.67. The minimum absolute atomic E-state index is 0.105. The predicted molar refractivity (Wildman–Crippen MR) is 78.5 cm³/mol. The van der Waals surface area contributed by atoms with E-state index in [9.17, 15) is 10.1 Å². The average Bonchev–Trinajstić information content (AvgIpc) is 3.19. The van der Waals surface area contributed by atoms with Gasteiger partial charge in [0.1, 0.15) is 16.9 Å². The van der Waals surface area contributed by atoms with Gasteiger partial charge in [-0.25, -0.2) is 4.98 Å². The maximum Gasteiger partial charge on any atom is 0.227 e. The Morgan fingerprint density at radius 3 is 2.95 bits per heavy atom. The summed E-state index contributed by atoms with van der Waals surface area (Å²) in [6, 6.07) is 7.68. The van der Waals surface area contributed by atoms with Crippen LogP contribution in [0.2, 0.25) is 0 Å². The van der Waals surface area contributed by atoms with Gasteiger partial charge in [-0.1, -0.05) is 11.8 Å². The van der Waals surface area contributed by atoms with Crippen molar-refractivity contribution < 1.29 is 9.21 Å². The van der Waals surface area contributed by atoms with Gasteiger partial charge in [-0.2, -0.15) is 5.26 Å². The molecule has 106 valence electrons. The van der Waals surface area contributed by atoms with Crippen LogP contribution in [0.4, 0.5) is 0 Å². The van der Waals surface area contributed by atoms with Crippen LogP contribution in [-0.4, -0.2) is 16.6 Å². The van der Waals surface area contributed by atoms with Gasteiger partial charge in [0.15, 0.2) is 0 Å². The average molecular weight is 299 g/mol. The zero-order valence-corrected chi connectivity index (χ0v) is 12.0. The monoisotopic (exact) mass is 299 g/mol. The van der Waals surface area contributed by atoms with Crippen LogP contribution in [0.15, 0.2) is 33.9 Å². The van der Waals surface area contributed by atoms with Gasteiger partial charge in [-0.15, -0.1) is 0 Å². The molecule has 2 aromatic rings. The molecule has 0 aromatic carbocycles. The van der Waals surface area contributed by atoms with E-state index in [1.165, 1.54) is 11.8 Å². The van der Waals surface area contributed by atoms with Gasteiger partial charge in [-0.3, -0.25) is 4.79 Å². The number of nitrogens with two attached hydrogens (primary N) is 1. The smallest absolute Gasteiger partial charge is 0.227 e. The number of thioether (sulfide) groups is 1. The largest absolute Gasteiger partial charge is 0.464 e. The Kier molecular flexibility index (Phi) is 3.67. The summed E-state index contributed by atoms with van der Waals surface area (Å²) in [5.41, 5.74) is 7.30. The van der Waals surface area contributed by atoms with Gasteiger partial charge < -0.3 is 10.2 Å². The lowest BCUT2D eigenvalue weighted by molar-refractivity contribution is -0.115. The summed E-state index contributed by atoms with van der Waals surface area (Å²) in [6.45, 7) is 0. The molecule has 1 amide bonds. The van der Waals surface area contributed by atoms with Crippen LogP contribution < -0.4 is 5.73 Å². The molecule has 2 heterocycles. The molecule has 1 saturated carbocycles. The molecule has 0 saturated heterocycles. The number of hydrogen-bond acceptors (Lipinski definition) is 5. The number of amides is 1. The molecule has 0 atom stereocenters. The molecule has 1 aliphatic rings. The number of pyridine rings is 1. The van der Waals surface area contributed by atoms with E-state index in [2.05, 4.69) is 11.1 Å². The summed E-state index contributed by atoms with van der Waals surface area (Å²) in [5, 5.41) is 10.00. The molecule has 5 nitrogen and oxygen atoms in total. The first-order chi connectivity index (χ1) is 10.2. The van der Waals surface area contributed by atoms with Crippen molar-refractivity contribution in [2.45, 2.75) is 23.8 Å². The number of furan rings is 1. The van der Waals surface area contributed by atoms with Crippen molar-refractivity contribution in [1.29, 1.82) is 5.26 Å². The van der Waals surface area contributed by atoms with Crippen LogP contribution in [0.5, 0.6) is 0 Å². The van der Waals surface area contributed by atoms with Gasteiger partial charge in [0.05, 0.1) is 17.6 Å². The number of nitrogens with zero attached hydrogens (tertiary/aromatic N) is 2. The topological polar surface area (TPSA) is 92.9 Å². The third kappa shape index (κ3) is 2.93. The maximum atomic E-state index is 11.0. The lowest BCUT2D eigenvalue weighted by Crippen LogP contribution is -2.13. The van der Waals surface area contributed by atoms with E-state index in [1.54, 1.807) is 12.3 Å². The van der Waals surface area contributed by atoms with Gasteiger partial charge in [-0.05, 0) is 31.0 Å². The Hall–Kier alpha value is -2.26. The van der Waals surface area contributed by atoms with E-state index in [-0.39, 0.29) is 5.75 Å². The Bertz CT molecular complexity index is 715. The fourth-order valence-corrected chi connectivity index (χ4v) is 2.86. The molecule has 2 aromatic heterocycles. The van der Waals surface area contributed by atoms with Crippen LogP contribution in [0.3, 0.4) is 0 Å². The number of hydrogen-bond donors (Lipinski definition) is 1. The second-order valence-corrected chi connectivity index (χ2v) is 5.86. The van der Waals surface area contributed by atoms with Crippen LogP contribution in [-0.2, 0) is 4.79 Å². The van der Waals surface area contributed by atoms with Gasteiger partial charge in [0.25, 0.3) is 0 Å². The lowest BCUT2D eigenvalue weighted by Gasteiger charge is -2.09. The minimum Gasteiger partial charge on any atom is -0.464 e. The maximum absolute atomic E-state index is 11.0. The number of nitriles is 1. The van der Waals surface area contributed by atoms with Crippen molar-refractivity contribution >= 4 is 17.7 Å². The number of carbonyl (C=O) groups excluding carboxylic acids is 1. The van der Waals surface area contributed by atoms with Gasteiger partial charge >= 0.3 is 0 Å². The molecule has 21 heavy (non-hydrogen) atoms. The first-order valence-electron chi connectivity index (χ1n) is 6.59. The van der Waals surface area contributed by atoms with Crippen LogP contribution >= 0.6 is 11.8 Å². The van der Waals surface area contributed by atoms with Crippen LogP contribution in [0.25, 0.3) is 11.3 Å². The van der Waals surface area contributed by atoms with Crippen LogP contribution in [0, 0.1) is 11.3 Å². The molecule has 6 heteroatoms. The summed E-state index contributed by atoms with van der Waals surface area (Å²) in [4.78, 5) is 15.5.